The molecule has 56 valence electrons. The van der Waals surface area contributed by atoms with E-state index >= 15 is 0 Å². The van der Waals surface area contributed by atoms with E-state index in [-0.39, 0.29) is 0 Å². The predicted octanol–water partition coefficient (Wildman–Crippen LogP) is 2.09. The van der Waals surface area contributed by atoms with Gasteiger partial charge in [0.2, 0.25) is 0 Å². The lowest BCUT2D eigenvalue weighted by molar-refractivity contribution is 0.865. The van der Waals surface area contributed by atoms with E-state index in [1.165, 1.54) is 0 Å². The predicted molar refractivity (Wildman–Crippen MR) is 43.8 cm³/mol. The molecule has 0 aliphatic rings. The van der Waals surface area contributed by atoms with Crippen molar-refractivity contribution in [2.75, 3.05) is 0 Å². The zero-order chi connectivity index (χ0) is 7.84. The highest BCUT2D eigenvalue weighted by atomic mass is 35.5. The molecule has 2 rings (SSSR count). The summed E-state index contributed by atoms with van der Waals surface area (Å²) in [5.74, 6) is 0. The van der Waals surface area contributed by atoms with E-state index in [0.717, 1.165) is 9.83 Å². The first-order valence-electron chi connectivity index (χ1n) is 2.94. The number of nitrogens with zero attached hydrogens (tertiary/aromatic N) is 3. The Morgan fingerprint density at radius 3 is 2.73 bits per heavy atom. The lowest BCUT2D eigenvalue weighted by Gasteiger charge is -1.84. The molecule has 0 N–H and O–H groups in total. The Morgan fingerprint density at radius 2 is 1.91 bits per heavy atom. The van der Waals surface area contributed by atoms with Crippen LogP contribution in [-0.4, -0.2) is 14.5 Å². The molecule has 1 aromatic heterocycles. The minimum Gasteiger partial charge on any atom is -0.137 e. The highest BCUT2D eigenvalue weighted by Gasteiger charge is 1.99. The third-order valence-corrected chi connectivity index (χ3v) is 1.70. The minimum absolute atomic E-state index is 0.634. The van der Waals surface area contributed by atoms with Gasteiger partial charge in [0.05, 0.1) is 11.8 Å². The van der Waals surface area contributed by atoms with Gasteiger partial charge < -0.3 is 0 Å². The normalized spacial score (nSPS) is 10.7. The molecule has 0 radical (unpaired) electrons. The second-order valence-electron chi connectivity index (χ2n) is 2.07. The van der Waals surface area contributed by atoms with Crippen LogP contribution in [0.3, 0.4) is 0 Å². The van der Waals surface area contributed by atoms with Crippen LogP contribution in [0.15, 0.2) is 18.2 Å². The maximum Gasteiger partial charge on any atom is 0.116 e. The van der Waals surface area contributed by atoms with Crippen molar-refractivity contribution in [3.8, 4) is 0 Å². The Labute approximate surface area is 72.6 Å². The molecule has 2 aromatic rings. The average Bonchev–Trinajstić information content (AvgIpc) is 2.27. The smallest absolute Gasteiger partial charge is 0.116 e. The van der Waals surface area contributed by atoms with Gasteiger partial charge in [0.15, 0.2) is 0 Å². The van der Waals surface area contributed by atoms with Crippen molar-refractivity contribution in [1.29, 1.82) is 0 Å². The molecule has 0 aliphatic heterocycles. The largest absolute Gasteiger partial charge is 0.137 e. The quantitative estimate of drug-likeness (QED) is 0.633. The number of benzene rings is 1. The van der Waals surface area contributed by atoms with Gasteiger partial charge in [0, 0.05) is 5.02 Å². The van der Waals surface area contributed by atoms with Gasteiger partial charge in [-0.15, -0.1) is 10.2 Å². The van der Waals surface area contributed by atoms with Gasteiger partial charge >= 0.3 is 0 Å². The summed E-state index contributed by atoms with van der Waals surface area (Å²) < 4.78 is 1.00. The second kappa shape index (κ2) is 2.36. The molecule has 0 aliphatic carbocycles. The highest BCUT2D eigenvalue weighted by Crippen LogP contribution is 2.15. The number of fused-ring (bicyclic) bond motifs is 1. The van der Waals surface area contributed by atoms with Crippen molar-refractivity contribution in [3.05, 3.63) is 23.2 Å². The van der Waals surface area contributed by atoms with E-state index in [1.54, 1.807) is 18.2 Å². The van der Waals surface area contributed by atoms with Crippen LogP contribution < -0.4 is 0 Å². The van der Waals surface area contributed by atoms with Crippen LogP contribution in [0, 0.1) is 0 Å². The first-order chi connectivity index (χ1) is 5.25. The lowest BCUT2D eigenvalue weighted by Crippen LogP contribution is -1.81. The Bertz CT molecular complexity index is 396. The molecule has 3 nitrogen and oxygen atoms in total. The van der Waals surface area contributed by atoms with Gasteiger partial charge in [-0.05, 0) is 18.2 Å². The summed E-state index contributed by atoms with van der Waals surface area (Å²) in [5.41, 5.74) is 1.44. The summed E-state index contributed by atoms with van der Waals surface area (Å²) in [4.78, 5) is 0. The van der Waals surface area contributed by atoms with Gasteiger partial charge in [-0.2, -0.15) is 0 Å². The molecular formula is C6H3Cl2N3. The molecule has 0 atom stereocenters. The maximum atomic E-state index is 5.71. The van der Waals surface area contributed by atoms with Crippen molar-refractivity contribution < 1.29 is 0 Å². The molecule has 1 heterocycles. The number of aromatic nitrogens is 3. The SMILES string of the molecule is Clc1ccc2nn(Cl)nc2c1. The molecule has 0 fully saturated rings. The van der Waals surface area contributed by atoms with Crippen molar-refractivity contribution in [2.45, 2.75) is 0 Å². The Morgan fingerprint density at radius 1 is 1.18 bits per heavy atom. The average molecular weight is 188 g/mol. The third kappa shape index (κ3) is 1.17. The molecule has 0 bridgehead atoms. The fourth-order valence-corrected chi connectivity index (χ4v) is 1.19. The molecule has 11 heavy (non-hydrogen) atoms. The third-order valence-electron chi connectivity index (χ3n) is 1.32. The second-order valence-corrected chi connectivity index (χ2v) is 2.81. The number of hydrogen-bond acceptors (Lipinski definition) is 2. The highest BCUT2D eigenvalue weighted by molar-refractivity contribution is 6.31. The summed E-state index contributed by atoms with van der Waals surface area (Å²) in [6.07, 6.45) is 0. The van der Waals surface area contributed by atoms with Crippen molar-refractivity contribution >= 4 is 34.4 Å². The summed E-state index contributed by atoms with van der Waals surface area (Å²) in [6.45, 7) is 0. The van der Waals surface area contributed by atoms with E-state index in [1.807, 2.05) is 0 Å². The van der Waals surface area contributed by atoms with Gasteiger partial charge in [-0.25, -0.2) is 0 Å². The molecule has 0 unspecified atom stereocenters. The lowest BCUT2D eigenvalue weighted by atomic mass is 10.3. The standard InChI is InChI=1S/C6H3Cl2N3/c7-4-1-2-5-6(3-4)10-11(8)9-5/h1-3H. The van der Waals surface area contributed by atoms with Crippen LogP contribution in [0.4, 0.5) is 0 Å². The number of halogens is 2. The Kier molecular flexibility index (Phi) is 1.47. The monoisotopic (exact) mass is 187 g/mol. The van der Waals surface area contributed by atoms with Crippen LogP contribution in [0.5, 0.6) is 0 Å². The number of hydrogen-bond donors (Lipinski definition) is 0. The van der Waals surface area contributed by atoms with Crippen molar-refractivity contribution in [1.82, 2.24) is 14.5 Å². The fourth-order valence-electron chi connectivity index (χ4n) is 0.861. The zero-order valence-electron chi connectivity index (χ0n) is 5.33. The van der Waals surface area contributed by atoms with Crippen molar-refractivity contribution in [3.63, 3.8) is 0 Å². The molecule has 1 aromatic carbocycles. The van der Waals surface area contributed by atoms with Crippen LogP contribution in [0.1, 0.15) is 0 Å². The molecule has 0 saturated heterocycles. The molecule has 0 saturated carbocycles. The summed E-state index contributed by atoms with van der Waals surface area (Å²) >= 11 is 11.2. The number of rotatable bonds is 0. The van der Waals surface area contributed by atoms with E-state index in [4.69, 9.17) is 23.4 Å². The van der Waals surface area contributed by atoms with Gasteiger partial charge in [-0.3, -0.25) is 0 Å². The Hall–Kier alpha value is -0.800. The van der Waals surface area contributed by atoms with E-state index in [9.17, 15) is 0 Å². The molecule has 0 spiro atoms. The van der Waals surface area contributed by atoms with Crippen LogP contribution in [0.25, 0.3) is 11.0 Å². The van der Waals surface area contributed by atoms with Crippen molar-refractivity contribution in [2.24, 2.45) is 0 Å². The van der Waals surface area contributed by atoms with Gasteiger partial charge in [0.1, 0.15) is 11.0 Å². The van der Waals surface area contributed by atoms with Gasteiger partial charge in [-0.1, -0.05) is 15.9 Å². The van der Waals surface area contributed by atoms with Crippen LogP contribution >= 0.6 is 23.4 Å². The summed E-state index contributed by atoms with van der Waals surface area (Å²) in [6, 6.07) is 5.22. The summed E-state index contributed by atoms with van der Waals surface area (Å²) in [7, 11) is 0. The fraction of sp³-hybridized carbons (Fsp3) is 0. The van der Waals surface area contributed by atoms with Crippen LogP contribution in [-0.2, 0) is 0 Å². The molecule has 5 heteroatoms. The summed E-state index contributed by atoms with van der Waals surface area (Å²) in [5, 5.41) is 8.36. The van der Waals surface area contributed by atoms with Gasteiger partial charge in [0.25, 0.3) is 0 Å². The maximum absolute atomic E-state index is 5.71. The van der Waals surface area contributed by atoms with E-state index in [2.05, 4.69) is 10.2 Å². The Balaban J connectivity index is 2.82. The topological polar surface area (TPSA) is 30.7 Å². The van der Waals surface area contributed by atoms with Crippen LogP contribution in [0.2, 0.25) is 5.02 Å². The molecular weight excluding hydrogens is 185 g/mol. The first kappa shape index (κ1) is 6.88. The minimum atomic E-state index is 0.634. The first-order valence-corrected chi connectivity index (χ1v) is 3.66. The zero-order valence-corrected chi connectivity index (χ0v) is 6.84. The molecule has 0 amide bonds. The van der Waals surface area contributed by atoms with E-state index < -0.39 is 0 Å². The van der Waals surface area contributed by atoms with E-state index in [0.29, 0.717) is 10.5 Å².